The van der Waals surface area contributed by atoms with E-state index in [4.69, 9.17) is 11.6 Å². The van der Waals surface area contributed by atoms with Crippen molar-refractivity contribution in [3.63, 3.8) is 0 Å². The fraction of sp³-hybridized carbons (Fsp3) is 0.154. The van der Waals surface area contributed by atoms with E-state index in [1.807, 2.05) is 0 Å². The first kappa shape index (κ1) is 13.8. The molecule has 19 heavy (non-hydrogen) atoms. The number of hydrogen-bond donors (Lipinski definition) is 0. The van der Waals surface area contributed by atoms with Gasteiger partial charge in [0.05, 0.1) is 16.3 Å². The molecule has 0 radical (unpaired) electrons. The van der Waals surface area contributed by atoms with Crippen LogP contribution in [0.4, 0.5) is 17.6 Å². The summed E-state index contributed by atoms with van der Waals surface area (Å²) in [6, 6.07) is 4.93. The minimum atomic E-state index is -4.49. The molecule has 0 fully saturated rings. The quantitative estimate of drug-likeness (QED) is 0.683. The second-order valence-corrected chi connectivity index (χ2v) is 4.42. The van der Waals surface area contributed by atoms with Gasteiger partial charge < -0.3 is 0 Å². The summed E-state index contributed by atoms with van der Waals surface area (Å²) in [5.74, 6) is -0.396. The third kappa shape index (κ3) is 2.87. The predicted octanol–water partition coefficient (Wildman–Crippen LogP) is 4.87. The summed E-state index contributed by atoms with van der Waals surface area (Å²) in [4.78, 5) is 3.71. The molecular weight excluding hydrogens is 282 g/mol. The fourth-order valence-electron chi connectivity index (χ4n) is 1.60. The van der Waals surface area contributed by atoms with E-state index in [-0.39, 0.29) is 10.7 Å². The summed E-state index contributed by atoms with van der Waals surface area (Å²) in [6.45, 7) is 1.55. The van der Waals surface area contributed by atoms with Crippen molar-refractivity contribution >= 4 is 11.6 Å². The van der Waals surface area contributed by atoms with Gasteiger partial charge in [-0.2, -0.15) is 13.2 Å². The molecule has 1 aromatic heterocycles. The van der Waals surface area contributed by atoms with Crippen molar-refractivity contribution in [3.8, 4) is 11.3 Å². The van der Waals surface area contributed by atoms with Crippen molar-refractivity contribution in [2.24, 2.45) is 0 Å². The number of benzene rings is 1. The Hall–Kier alpha value is -1.62. The first-order valence-corrected chi connectivity index (χ1v) is 5.66. The Morgan fingerprint density at radius 2 is 1.84 bits per heavy atom. The summed E-state index contributed by atoms with van der Waals surface area (Å²) >= 11 is 5.81. The highest BCUT2D eigenvalue weighted by Crippen LogP contribution is 2.34. The molecule has 0 amide bonds. The number of rotatable bonds is 1. The van der Waals surface area contributed by atoms with Crippen molar-refractivity contribution in [3.05, 3.63) is 52.4 Å². The minimum absolute atomic E-state index is 0.124. The lowest BCUT2D eigenvalue weighted by atomic mass is 10.1. The molecule has 1 nitrogen and oxygen atoms in total. The van der Waals surface area contributed by atoms with Crippen molar-refractivity contribution in [2.75, 3.05) is 0 Å². The summed E-state index contributed by atoms with van der Waals surface area (Å²) < 4.78 is 50.5. The zero-order valence-electron chi connectivity index (χ0n) is 9.72. The first-order valence-electron chi connectivity index (χ1n) is 5.28. The highest BCUT2D eigenvalue weighted by Gasteiger charge is 2.31. The topological polar surface area (TPSA) is 12.9 Å². The Bertz CT molecular complexity index is 623. The number of aromatic nitrogens is 1. The van der Waals surface area contributed by atoms with Crippen LogP contribution in [0.15, 0.2) is 30.5 Å². The van der Waals surface area contributed by atoms with Gasteiger partial charge in [-0.15, -0.1) is 0 Å². The third-order valence-electron chi connectivity index (χ3n) is 2.60. The molecule has 6 heteroatoms. The lowest BCUT2D eigenvalue weighted by molar-refractivity contribution is -0.137. The van der Waals surface area contributed by atoms with Gasteiger partial charge in [0.25, 0.3) is 0 Å². The van der Waals surface area contributed by atoms with Crippen LogP contribution in [0.2, 0.25) is 5.02 Å². The summed E-state index contributed by atoms with van der Waals surface area (Å²) in [5, 5.41) is -0.124. The molecule has 2 aromatic rings. The molecule has 0 aliphatic heterocycles. The average Bonchev–Trinajstić information content (AvgIpc) is 2.31. The molecule has 2 rings (SSSR count). The number of halogens is 5. The summed E-state index contributed by atoms with van der Waals surface area (Å²) in [7, 11) is 0. The van der Waals surface area contributed by atoms with Gasteiger partial charge in [-0.05, 0) is 36.8 Å². The van der Waals surface area contributed by atoms with Crippen LogP contribution in [-0.4, -0.2) is 4.98 Å². The lowest BCUT2D eigenvalue weighted by Crippen LogP contribution is -2.05. The van der Waals surface area contributed by atoms with E-state index in [0.717, 1.165) is 6.07 Å². The number of pyridine rings is 1. The largest absolute Gasteiger partial charge is 0.417 e. The monoisotopic (exact) mass is 289 g/mol. The van der Waals surface area contributed by atoms with Gasteiger partial charge in [0.1, 0.15) is 5.82 Å². The molecule has 1 aromatic carbocycles. The Kier molecular flexibility index (Phi) is 3.49. The highest BCUT2D eigenvalue weighted by molar-refractivity contribution is 6.33. The van der Waals surface area contributed by atoms with E-state index in [1.54, 1.807) is 6.92 Å². The van der Waals surface area contributed by atoms with Gasteiger partial charge in [-0.3, -0.25) is 4.98 Å². The van der Waals surface area contributed by atoms with Gasteiger partial charge in [0, 0.05) is 11.8 Å². The zero-order valence-corrected chi connectivity index (χ0v) is 10.5. The van der Waals surface area contributed by atoms with Crippen LogP contribution in [0.3, 0.4) is 0 Å². The highest BCUT2D eigenvalue weighted by atomic mass is 35.5. The Morgan fingerprint density at radius 3 is 2.37 bits per heavy atom. The Labute approximate surface area is 111 Å². The maximum Gasteiger partial charge on any atom is 0.417 e. The van der Waals surface area contributed by atoms with Crippen LogP contribution in [0, 0.1) is 12.7 Å². The Balaban J connectivity index is 2.49. The van der Waals surface area contributed by atoms with Crippen LogP contribution in [0.1, 0.15) is 11.1 Å². The molecule has 100 valence electrons. The van der Waals surface area contributed by atoms with Gasteiger partial charge >= 0.3 is 6.18 Å². The summed E-state index contributed by atoms with van der Waals surface area (Å²) in [6.07, 6.45) is -3.78. The second kappa shape index (κ2) is 4.81. The zero-order chi connectivity index (χ0) is 14.2. The molecule has 0 bridgehead atoms. The molecule has 0 atom stereocenters. The molecule has 0 saturated carbocycles. The second-order valence-electron chi connectivity index (χ2n) is 4.02. The van der Waals surface area contributed by atoms with Crippen LogP contribution in [0.25, 0.3) is 11.3 Å². The van der Waals surface area contributed by atoms with E-state index in [2.05, 4.69) is 4.98 Å². The first-order chi connectivity index (χ1) is 8.79. The SMILES string of the molecule is Cc1cc(-c2ncc(C(F)(F)F)cc2Cl)ccc1F. The van der Waals surface area contributed by atoms with Gasteiger partial charge in [0.2, 0.25) is 0 Å². The van der Waals surface area contributed by atoms with Crippen LogP contribution < -0.4 is 0 Å². The van der Waals surface area contributed by atoms with Crippen LogP contribution >= 0.6 is 11.6 Å². The molecule has 0 unspecified atom stereocenters. The Morgan fingerprint density at radius 1 is 1.16 bits per heavy atom. The average molecular weight is 290 g/mol. The van der Waals surface area contributed by atoms with Crippen molar-refractivity contribution in [1.82, 2.24) is 4.98 Å². The fourth-order valence-corrected chi connectivity index (χ4v) is 1.87. The third-order valence-corrected chi connectivity index (χ3v) is 2.89. The minimum Gasteiger partial charge on any atom is -0.254 e. The van der Waals surface area contributed by atoms with Gasteiger partial charge in [-0.1, -0.05) is 11.6 Å². The maximum atomic E-state index is 13.1. The standard InChI is InChI=1S/C13H8ClF4N/c1-7-4-8(2-3-11(7)15)12-10(14)5-9(6-19-12)13(16,17)18/h2-6H,1H3. The van der Waals surface area contributed by atoms with Crippen molar-refractivity contribution in [2.45, 2.75) is 13.1 Å². The number of alkyl halides is 3. The molecular formula is C13H8ClF4N. The molecule has 0 aliphatic rings. The number of aryl methyl sites for hydroxylation is 1. The van der Waals surface area contributed by atoms with Crippen molar-refractivity contribution < 1.29 is 17.6 Å². The van der Waals surface area contributed by atoms with E-state index in [9.17, 15) is 17.6 Å². The molecule has 0 spiro atoms. The molecule has 1 heterocycles. The van der Waals surface area contributed by atoms with E-state index in [1.165, 1.54) is 18.2 Å². The van der Waals surface area contributed by atoms with Crippen LogP contribution in [0.5, 0.6) is 0 Å². The van der Waals surface area contributed by atoms with Gasteiger partial charge in [0.15, 0.2) is 0 Å². The summed E-state index contributed by atoms with van der Waals surface area (Å²) in [5.41, 5.74) is 0.116. The number of nitrogens with zero attached hydrogens (tertiary/aromatic N) is 1. The van der Waals surface area contributed by atoms with E-state index >= 15 is 0 Å². The van der Waals surface area contributed by atoms with E-state index < -0.39 is 17.6 Å². The van der Waals surface area contributed by atoms with Crippen molar-refractivity contribution in [1.29, 1.82) is 0 Å². The number of hydrogen-bond acceptors (Lipinski definition) is 1. The maximum absolute atomic E-state index is 13.1. The van der Waals surface area contributed by atoms with E-state index in [0.29, 0.717) is 17.3 Å². The molecule has 0 saturated heterocycles. The molecule has 0 aliphatic carbocycles. The smallest absolute Gasteiger partial charge is 0.254 e. The predicted molar refractivity (Wildman–Crippen MR) is 64.4 cm³/mol. The van der Waals surface area contributed by atoms with Gasteiger partial charge in [-0.25, -0.2) is 4.39 Å². The lowest BCUT2D eigenvalue weighted by Gasteiger charge is -2.09. The molecule has 0 N–H and O–H groups in total. The van der Waals surface area contributed by atoms with Crippen LogP contribution in [-0.2, 0) is 6.18 Å². The normalized spacial score (nSPS) is 11.7.